The van der Waals surface area contributed by atoms with Gasteiger partial charge in [0.15, 0.2) is 0 Å². The van der Waals surface area contributed by atoms with Gasteiger partial charge in [-0.25, -0.2) is 22.0 Å². The van der Waals surface area contributed by atoms with Gasteiger partial charge in [-0.05, 0) is 24.3 Å². The van der Waals surface area contributed by atoms with Crippen LogP contribution in [0, 0.1) is 5.41 Å². The summed E-state index contributed by atoms with van der Waals surface area (Å²) in [5.41, 5.74) is -0.453. The van der Waals surface area contributed by atoms with E-state index in [4.69, 9.17) is 5.14 Å². The maximum atomic E-state index is 11.8. The Kier molecular flexibility index (Phi) is 5.21. The van der Waals surface area contributed by atoms with Crippen molar-refractivity contribution in [1.82, 2.24) is 4.72 Å². The number of anilines is 1. The first-order valence-electron chi connectivity index (χ1n) is 6.23. The highest BCUT2D eigenvalue weighted by Crippen LogP contribution is 2.14. The summed E-state index contributed by atoms with van der Waals surface area (Å²) in [7, 11) is -7.65. The molecule has 124 valence electrons. The van der Waals surface area contributed by atoms with Gasteiger partial charge in [0, 0.05) is 11.1 Å². The fourth-order valence-corrected chi connectivity index (χ4v) is 2.80. The molecule has 1 aromatic carbocycles. The lowest BCUT2D eigenvalue weighted by atomic mass is 9.96. The van der Waals surface area contributed by atoms with Gasteiger partial charge < -0.3 is 5.32 Å². The summed E-state index contributed by atoms with van der Waals surface area (Å²) >= 11 is 0. The Labute approximate surface area is 130 Å². The molecule has 0 saturated heterocycles. The van der Waals surface area contributed by atoms with E-state index >= 15 is 0 Å². The van der Waals surface area contributed by atoms with Crippen LogP contribution in [0.2, 0.25) is 0 Å². The van der Waals surface area contributed by atoms with Crippen LogP contribution in [0.25, 0.3) is 0 Å². The second-order valence-corrected chi connectivity index (χ2v) is 8.97. The van der Waals surface area contributed by atoms with Gasteiger partial charge in [0.25, 0.3) is 10.0 Å². The molecule has 0 aliphatic heterocycles. The second-order valence-electron chi connectivity index (χ2n) is 5.69. The first kappa shape index (κ1) is 18.4. The Balaban J connectivity index is 2.72. The van der Waals surface area contributed by atoms with Crippen molar-refractivity contribution in [2.45, 2.75) is 25.7 Å². The average molecular weight is 349 g/mol. The molecule has 0 atom stereocenters. The Bertz CT molecular complexity index is 747. The Morgan fingerprint density at radius 3 is 2.00 bits per heavy atom. The van der Waals surface area contributed by atoms with Crippen LogP contribution in [0.1, 0.15) is 20.8 Å². The molecule has 0 saturated carbocycles. The van der Waals surface area contributed by atoms with Gasteiger partial charge in [0.1, 0.15) is 5.88 Å². The molecule has 0 heterocycles. The van der Waals surface area contributed by atoms with E-state index in [2.05, 4.69) is 5.32 Å². The first-order chi connectivity index (χ1) is 9.81. The lowest BCUT2D eigenvalue weighted by Crippen LogP contribution is -2.41. The molecule has 1 amide bonds. The highest BCUT2D eigenvalue weighted by atomic mass is 32.2. The molecule has 1 aromatic rings. The Morgan fingerprint density at radius 1 is 1.09 bits per heavy atom. The van der Waals surface area contributed by atoms with E-state index in [-0.39, 0.29) is 4.90 Å². The van der Waals surface area contributed by atoms with E-state index in [9.17, 15) is 21.6 Å². The number of nitrogens with one attached hydrogen (secondary N) is 2. The third-order valence-electron chi connectivity index (χ3n) is 2.58. The van der Waals surface area contributed by atoms with Gasteiger partial charge in [0.2, 0.25) is 15.9 Å². The molecule has 0 aromatic heterocycles. The van der Waals surface area contributed by atoms with E-state index in [0.717, 1.165) is 0 Å². The van der Waals surface area contributed by atoms with E-state index in [1.807, 2.05) is 4.72 Å². The van der Waals surface area contributed by atoms with Crippen molar-refractivity contribution in [1.29, 1.82) is 0 Å². The van der Waals surface area contributed by atoms with E-state index < -0.39 is 37.2 Å². The van der Waals surface area contributed by atoms with Crippen LogP contribution < -0.4 is 15.2 Å². The van der Waals surface area contributed by atoms with E-state index in [1.54, 1.807) is 20.8 Å². The fraction of sp³-hybridized carbons (Fsp3) is 0.417. The summed E-state index contributed by atoms with van der Waals surface area (Å²) in [5.74, 6) is -1.14. The number of sulfonamides is 2. The topological polar surface area (TPSA) is 135 Å². The minimum Gasteiger partial charge on any atom is -0.370 e. The van der Waals surface area contributed by atoms with Crippen molar-refractivity contribution in [2.75, 3.05) is 11.2 Å². The Hall–Kier alpha value is -1.65. The molecule has 0 bridgehead atoms. The van der Waals surface area contributed by atoms with Crippen LogP contribution >= 0.6 is 0 Å². The standard InChI is InChI=1S/C12H19N3O5S2/c1-12(2,3)11(16)15-21(17,18)8-14-9-4-6-10(7-5-9)22(13,19)20/h4-7,14H,8H2,1-3H3,(H,15,16)(H2,13,19,20). The first-order valence-corrected chi connectivity index (χ1v) is 9.43. The van der Waals surface area contributed by atoms with Crippen molar-refractivity contribution < 1.29 is 21.6 Å². The number of hydrogen-bond acceptors (Lipinski definition) is 6. The number of nitrogens with two attached hydrogens (primary N) is 1. The van der Waals surface area contributed by atoms with Crippen molar-refractivity contribution in [3.05, 3.63) is 24.3 Å². The second kappa shape index (κ2) is 6.23. The molecule has 1 rings (SSSR count). The summed E-state index contributed by atoms with van der Waals surface area (Å²) < 4.78 is 47.7. The largest absolute Gasteiger partial charge is 0.370 e. The fourth-order valence-electron chi connectivity index (χ4n) is 1.27. The number of carbonyl (C=O) groups is 1. The normalized spacial score (nSPS) is 12.7. The summed E-state index contributed by atoms with van der Waals surface area (Å²) in [6, 6.07) is 5.25. The highest BCUT2D eigenvalue weighted by molar-refractivity contribution is 7.90. The molecule has 0 unspecified atom stereocenters. The predicted molar refractivity (Wildman–Crippen MR) is 82.8 cm³/mol. The van der Waals surface area contributed by atoms with Gasteiger partial charge in [-0.3, -0.25) is 9.52 Å². The minimum absolute atomic E-state index is 0.0815. The molecule has 0 fully saturated rings. The van der Waals surface area contributed by atoms with Gasteiger partial charge in [-0.15, -0.1) is 0 Å². The number of carbonyl (C=O) groups excluding carboxylic acids is 1. The van der Waals surface area contributed by atoms with Crippen molar-refractivity contribution in [2.24, 2.45) is 10.6 Å². The van der Waals surface area contributed by atoms with Gasteiger partial charge in [0.05, 0.1) is 4.90 Å². The van der Waals surface area contributed by atoms with Gasteiger partial charge >= 0.3 is 0 Å². The third-order valence-corrected chi connectivity index (χ3v) is 4.53. The molecule has 8 nitrogen and oxygen atoms in total. The zero-order valence-corrected chi connectivity index (χ0v) is 14.1. The summed E-state index contributed by atoms with van der Waals surface area (Å²) in [5, 5.41) is 7.54. The monoisotopic (exact) mass is 349 g/mol. The SMILES string of the molecule is CC(C)(C)C(=O)NS(=O)(=O)CNc1ccc(S(N)(=O)=O)cc1. The summed E-state index contributed by atoms with van der Waals surface area (Å²) in [6.45, 7) is 4.78. The smallest absolute Gasteiger partial charge is 0.253 e. The zero-order valence-electron chi connectivity index (χ0n) is 12.5. The third kappa shape index (κ3) is 5.62. The van der Waals surface area contributed by atoms with Crippen molar-refractivity contribution >= 4 is 31.6 Å². The lowest BCUT2D eigenvalue weighted by molar-refractivity contribution is -0.126. The number of rotatable bonds is 5. The van der Waals surface area contributed by atoms with Crippen molar-refractivity contribution in [3.8, 4) is 0 Å². The molecule has 0 radical (unpaired) electrons. The maximum Gasteiger partial charge on any atom is 0.253 e. The number of hydrogen-bond donors (Lipinski definition) is 3. The molecule has 0 aliphatic rings. The molecule has 4 N–H and O–H groups in total. The zero-order chi connectivity index (χ0) is 17.2. The minimum atomic E-state index is -3.85. The van der Waals surface area contributed by atoms with Gasteiger partial charge in [-0.2, -0.15) is 0 Å². The number of primary sulfonamides is 1. The van der Waals surface area contributed by atoms with Crippen LogP contribution in [0.5, 0.6) is 0 Å². The molecule has 10 heteroatoms. The summed E-state index contributed by atoms with van der Waals surface area (Å²) in [4.78, 5) is 11.6. The molecule has 0 aliphatic carbocycles. The average Bonchev–Trinajstić information content (AvgIpc) is 2.34. The van der Waals surface area contributed by atoms with Crippen LogP contribution in [-0.4, -0.2) is 28.6 Å². The maximum absolute atomic E-state index is 11.8. The Morgan fingerprint density at radius 2 is 1.59 bits per heavy atom. The molecular weight excluding hydrogens is 330 g/mol. The van der Waals surface area contributed by atoms with E-state index in [0.29, 0.717) is 5.69 Å². The lowest BCUT2D eigenvalue weighted by Gasteiger charge is -2.18. The van der Waals surface area contributed by atoms with Crippen LogP contribution in [0.3, 0.4) is 0 Å². The summed E-state index contributed by atoms with van der Waals surface area (Å²) in [6.07, 6.45) is 0. The quantitative estimate of drug-likeness (QED) is 0.694. The van der Waals surface area contributed by atoms with Crippen molar-refractivity contribution in [3.63, 3.8) is 0 Å². The molecule has 22 heavy (non-hydrogen) atoms. The number of benzene rings is 1. The van der Waals surface area contributed by atoms with Gasteiger partial charge in [-0.1, -0.05) is 20.8 Å². The van der Waals surface area contributed by atoms with E-state index in [1.165, 1.54) is 24.3 Å². The van der Waals surface area contributed by atoms with Crippen LogP contribution in [0.15, 0.2) is 29.2 Å². The highest BCUT2D eigenvalue weighted by Gasteiger charge is 2.25. The molecule has 0 spiro atoms. The predicted octanol–water partition coefficient (Wildman–Crippen LogP) is 0.196. The number of amides is 1. The van der Waals surface area contributed by atoms with Crippen LogP contribution in [0.4, 0.5) is 5.69 Å². The van der Waals surface area contributed by atoms with Crippen LogP contribution in [-0.2, 0) is 24.8 Å². The molecular formula is C12H19N3O5S2.